The van der Waals surface area contributed by atoms with Gasteiger partial charge in [-0.15, -0.1) is 0 Å². The SMILES string of the molecule is CC(C)[C@H](C(=O)NCc1ccco1)N(Cc1ccccc1)C(=O)CNS(=O)(=O)c1ccccc1. The second kappa shape index (κ2) is 11.6. The molecule has 8 nitrogen and oxygen atoms in total. The molecule has 3 aromatic rings. The number of nitrogens with zero attached hydrogens (tertiary/aromatic N) is 1. The zero-order valence-corrected chi connectivity index (χ0v) is 20.0. The summed E-state index contributed by atoms with van der Waals surface area (Å²) in [6, 6.07) is 19.7. The Kier molecular flexibility index (Phi) is 8.61. The van der Waals surface area contributed by atoms with Crippen LogP contribution in [-0.2, 0) is 32.7 Å². The maximum absolute atomic E-state index is 13.3. The Morgan fingerprint density at radius 1 is 0.941 bits per heavy atom. The monoisotopic (exact) mass is 483 g/mol. The highest BCUT2D eigenvalue weighted by molar-refractivity contribution is 7.89. The zero-order valence-electron chi connectivity index (χ0n) is 19.2. The van der Waals surface area contributed by atoms with Gasteiger partial charge in [0.2, 0.25) is 21.8 Å². The van der Waals surface area contributed by atoms with E-state index in [1.54, 1.807) is 30.3 Å². The first-order valence-corrected chi connectivity index (χ1v) is 12.4. The van der Waals surface area contributed by atoms with E-state index in [9.17, 15) is 18.0 Å². The van der Waals surface area contributed by atoms with Crippen LogP contribution in [-0.4, -0.2) is 37.7 Å². The van der Waals surface area contributed by atoms with Gasteiger partial charge in [0.25, 0.3) is 0 Å². The van der Waals surface area contributed by atoms with Crippen LogP contribution in [0.1, 0.15) is 25.2 Å². The average molecular weight is 484 g/mol. The second-order valence-electron chi connectivity index (χ2n) is 8.13. The molecule has 0 bridgehead atoms. The molecule has 0 spiro atoms. The molecule has 0 radical (unpaired) electrons. The number of hydrogen-bond donors (Lipinski definition) is 2. The topological polar surface area (TPSA) is 109 Å². The number of amides is 2. The van der Waals surface area contributed by atoms with E-state index in [1.807, 2.05) is 44.2 Å². The predicted octanol–water partition coefficient (Wildman–Crippen LogP) is 2.93. The molecule has 0 unspecified atom stereocenters. The molecule has 2 N–H and O–H groups in total. The van der Waals surface area contributed by atoms with Gasteiger partial charge < -0.3 is 14.6 Å². The smallest absolute Gasteiger partial charge is 0.243 e. The van der Waals surface area contributed by atoms with E-state index in [0.717, 1.165) is 5.56 Å². The van der Waals surface area contributed by atoms with Gasteiger partial charge in [0.15, 0.2) is 0 Å². The van der Waals surface area contributed by atoms with Gasteiger partial charge in [-0.1, -0.05) is 62.4 Å². The van der Waals surface area contributed by atoms with E-state index in [1.165, 1.54) is 23.3 Å². The number of carbonyl (C=O) groups excluding carboxylic acids is 2. The molecule has 34 heavy (non-hydrogen) atoms. The first-order chi connectivity index (χ1) is 16.3. The molecule has 0 saturated heterocycles. The lowest BCUT2D eigenvalue weighted by molar-refractivity contribution is -0.142. The van der Waals surface area contributed by atoms with Crippen LogP contribution < -0.4 is 10.0 Å². The molecule has 0 saturated carbocycles. The van der Waals surface area contributed by atoms with Gasteiger partial charge >= 0.3 is 0 Å². The van der Waals surface area contributed by atoms with E-state index >= 15 is 0 Å². The summed E-state index contributed by atoms with van der Waals surface area (Å²) in [5.41, 5.74) is 0.825. The minimum atomic E-state index is -3.88. The first kappa shape index (κ1) is 25.2. The van der Waals surface area contributed by atoms with Crippen molar-refractivity contribution in [3.8, 4) is 0 Å². The van der Waals surface area contributed by atoms with Crippen LogP contribution in [0.3, 0.4) is 0 Å². The van der Waals surface area contributed by atoms with Crippen LogP contribution in [0.5, 0.6) is 0 Å². The number of nitrogens with one attached hydrogen (secondary N) is 2. The van der Waals surface area contributed by atoms with Crippen LogP contribution in [0.15, 0.2) is 88.4 Å². The van der Waals surface area contributed by atoms with Gasteiger partial charge in [0.1, 0.15) is 11.8 Å². The fourth-order valence-electron chi connectivity index (χ4n) is 3.56. The number of rotatable bonds is 11. The van der Waals surface area contributed by atoms with Gasteiger partial charge in [0, 0.05) is 6.54 Å². The van der Waals surface area contributed by atoms with E-state index in [4.69, 9.17) is 4.42 Å². The van der Waals surface area contributed by atoms with Crippen molar-refractivity contribution in [1.82, 2.24) is 14.9 Å². The van der Waals surface area contributed by atoms with Crippen molar-refractivity contribution in [3.63, 3.8) is 0 Å². The van der Waals surface area contributed by atoms with Crippen LogP contribution >= 0.6 is 0 Å². The molecular formula is C25H29N3O5S. The highest BCUT2D eigenvalue weighted by Crippen LogP contribution is 2.17. The Bertz CT molecular complexity index is 1160. The number of carbonyl (C=O) groups is 2. The minimum absolute atomic E-state index is 0.0639. The highest BCUT2D eigenvalue weighted by Gasteiger charge is 2.33. The molecule has 1 heterocycles. The van der Waals surface area contributed by atoms with Gasteiger partial charge in [-0.05, 0) is 35.7 Å². The summed E-state index contributed by atoms with van der Waals surface area (Å²) in [6.45, 7) is 3.55. The van der Waals surface area contributed by atoms with Gasteiger partial charge in [0.05, 0.1) is 24.2 Å². The minimum Gasteiger partial charge on any atom is -0.467 e. The number of sulfonamides is 1. The number of benzene rings is 2. The standard InChI is InChI=1S/C25H29N3O5S/c1-19(2)24(25(30)26-16-21-12-9-15-33-21)28(18-20-10-5-3-6-11-20)23(29)17-27-34(31,32)22-13-7-4-8-14-22/h3-15,19,24,27H,16-18H2,1-2H3,(H,26,30)/t24-/m1/s1. The lowest BCUT2D eigenvalue weighted by atomic mass is 10.00. The lowest BCUT2D eigenvalue weighted by Crippen LogP contribution is -2.54. The van der Waals surface area contributed by atoms with Gasteiger partial charge in [-0.3, -0.25) is 9.59 Å². The number of hydrogen-bond acceptors (Lipinski definition) is 5. The number of furan rings is 1. The fraction of sp³-hybridized carbons (Fsp3) is 0.280. The van der Waals surface area contributed by atoms with Crippen LogP contribution in [0, 0.1) is 5.92 Å². The van der Waals surface area contributed by atoms with E-state index in [-0.39, 0.29) is 29.8 Å². The first-order valence-electron chi connectivity index (χ1n) is 11.0. The Morgan fingerprint density at radius 3 is 2.18 bits per heavy atom. The zero-order chi connectivity index (χ0) is 24.6. The van der Waals surface area contributed by atoms with Crippen molar-refractivity contribution in [2.75, 3.05) is 6.54 Å². The Morgan fingerprint density at radius 2 is 1.59 bits per heavy atom. The summed E-state index contributed by atoms with van der Waals surface area (Å²) in [7, 11) is -3.88. The third-order valence-electron chi connectivity index (χ3n) is 5.24. The second-order valence-corrected chi connectivity index (χ2v) is 9.90. The van der Waals surface area contributed by atoms with Crippen LogP contribution in [0.2, 0.25) is 0 Å². The Hall–Kier alpha value is -3.43. The summed E-state index contributed by atoms with van der Waals surface area (Å²) in [4.78, 5) is 27.9. The van der Waals surface area contributed by atoms with Crippen molar-refractivity contribution >= 4 is 21.8 Å². The normalized spacial score (nSPS) is 12.3. The van der Waals surface area contributed by atoms with Crippen molar-refractivity contribution < 1.29 is 22.4 Å². The summed E-state index contributed by atoms with van der Waals surface area (Å²) in [5.74, 6) is -0.487. The summed E-state index contributed by atoms with van der Waals surface area (Å²) in [6.07, 6.45) is 1.52. The predicted molar refractivity (Wildman–Crippen MR) is 128 cm³/mol. The molecule has 2 amide bonds. The van der Waals surface area contributed by atoms with E-state index in [0.29, 0.717) is 5.76 Å². The molecule has 1 aromatic heterocycles. The molecule has 3 rings (SSSR count). The van der Waals surface area contributed by atoms with Crippen LogP contribution in [0.4, 0.5) is 0 Å². The van der Waals surface area contributed by atoms with Crippen molar-refractivity contribution in [1.29, 1.82) is 0 Å². The summed E-state index contributed by atoms with van der Waals surface area (Å²) < 4.78 is 32.9. The van der Waals surface area contributed by atoms with Crippen molar-refractivity contribution in [2.24, 2.45) is 5.92 Å². The van der Waals surface area contributed by atoms with E-state index in [2.05, 4.69) is 10.0 Å². The quantitative estimate of drug-likeness (QED) is 0.436. The Labute approximate surface area is 200 Å². The third kappa shape index (κ3) is 6.79. The lowest BCUT2D eigenvalue weighted by Gasteiger charge is -2.33. The molecule has 2 aromatic carbocycles. The maximum atomic E-state index is 13.3. The summed E-state index contributed by atoms with van der Waals surface area (Å²) >= 11 is 0. The highest BCUT2D eigenvalue weighted by atomic mass is 32.2. The third-order valence-corrected chi connectivity index (χ3v) is 6.65. The largest absolute Gasteiger partial charge is 0.467 e. The fourth-order valence-corrected chi connectivity index (χ4v) is 4.55. The van der Waals surface area contributed by atoms with Gasteiger partial charge in [-0.25, -0.2) is 13.1 Å². The van der Waals surface area contributed by atoms with Crippen molar-refractivity contribution in [3.05, 3.63) is 90.4 Å². The maximum Gasteiger partial charge on any atom is 0.243 e. The van der Waals surface area contributed by atoms with Crippen LogP contribution in [0.25, 0.3) is 0 Å². The molecular weight excluding hydrogens is 454 g/mol. The molecule has 0 aliphatic carbocycles. The average Bonchev–Trinajstić information content (AvgIpc) is 3.36. The Balaban J connectivity index is 1.80. The molecule has 1 atom stereocenters. The van der Waals surface area contributed by atoms with Crippen molar-refractivity contribution in [2.45, 2.75) is 37.9 Å². The molecule has 180 valence electrons. The van der Waals surface area contributed by atoms with E-state index < -0.39 is 28.5 Å². The molecule has 0 aliphatic heterocycles. The van der Waals surface area contributed by atoms with Gasteiger partial charge in [-0.2, -0.15) is 0 Å². The molecule has 9 heteroatoms. The molecule has 0 aliphatic rings. The summed E-state index contributed by atoms with van der Waals surface area (Å²) in [5, 5.41) is 2.82. The molecule has 0 fully saturated rings.